The first-order chi connectivity index (χ1) is 10.7. The summed E-state index contributed by atoms with van der Waals surface area (Å²) in [5.74, 6) is 0. The van der Waals surface area contributed by atoms with Gasteiger partial charge in [0, 0.05) is 29.6 Å². The molecule has 0 heterocycles. The maximum absolute atomic E-state index is 11.9. The van der Waals surface area contributed by atoms with Crippen LogP contribution in [0.4, 0.5) is 0 Å². The Morgan fingerprint density at radius 1 is 0.792 bits per heavy atom. The van der Waals surface area contributed by atoms with Gasteiger partial charge in [0.05, 0.1) is 11.5 Å². The fourth-order valence-electron chi connectivity index (χ4n) is 2.41. The van der Waals surface area contributed by atoms with Crippen LogP contribution in [0.1, 0.15) is 71.1 Å². The van der Waals surface area contributed by atoms with Crippen molar-refractivity contribution in [2.45, 2.75) is 76.0 Å². The monoisotopic (exact) mass is 385 g/mol. The van der Waals surface area contributed by atoms with E-state index >= 15 is 0 Å². The molecule has 1 rings (SSSR count). The van der Waals surface area contributed by atoms with Crippen molar-refractivity contribution < 1.29 is 12.6 Å². The minimum Gasteiger partial charge on any atom is -0.266 e. The van der Waals surface area contributed by atoms with E-state index in [1.807, 2.05) is 0 Å². The van der Waals surface area contributed by atoms with Gasteiger partial charge in [-0.1, -0.05) is 82.9 Å². The van der Waals surface area contributed by atoms with E-state index in [4.69, 9.17) is 4.18 Å². The Morgan fingerprint density at radius 3 is 1.75 bits per heavy atom. The average Bonchev–Trinajstić information content (AvgIpc) is 2.53. The summed E-state index contributed by atoms with van der Waals surface area (Å²) in [6, 6.07) is 8.33. The summed E-state index contributed by atoms with van der Waals surface area (Å²) in [4.78, 5) is 0.238. The first-order valence-corrected chi connectivity index (χ1v) is 10.0. The van der Waals surface area contributed by atoms with Crippen molar-refractivity contribution >= 4 is 52.1 Å². The Hall–Kier alpha value is 0.420. The van der Waals surface area contributed by atoms with Gasteiger partial charge in [-0.15, -0.1) is 12.4 Å². The van der Waals surface area contributed by atoms with Gasteiger partial charge in [-0.2, -0.15) is 8.42 Å². The Bertz CT molecular complexity index is 480. The zero-order valence-electron chi connectivity index (χ0n) is 15.2. The van der Waals surface area contributed by atoms with Crippen LogP contribution >= 0.6 is 12.4 Å². The minimum absolute atomic E-state index is 0. The molecule has 1 radical (unpaired) electrons. The Balaban J connectivity index is 0. The summed E-state index contributed by atoms with van der Waals surface area (Å²) in [5, 5.41) is 0. The molecule has 0 atom stereocenters. The third-order valence-corrected chi connectivity index (χ3v) is 5.09. The molecule has 0 bridgehead atoms. The summed E-state index contributed by atoms with van der Waals surface area (Å²) < 4.78 is 28.8. The molecule has 0 N–H and O–H groups in total. The molecule has 0 saturated carbocycles. The van der Waals surface area contributed by atoms with E-state index in [1.54, 1.807) is 30.3 Å². The number of hydrogen-bond donors (Lipinski definition) is 0. The van der Waals surface area contributed by atoms with Crippen LogP contribution in [0.2, 0.25) is 0 Å². The largest absolute Gasteiger partial charge is 0.296 e. The van der Waals surface area contributed by atoms with Crippen LogP contribution in [0.3, 0.4) is 0 Å². The summed E-state index contributed by atoms with van der Waals surface area (Å²) in [6.45, 7) is 2.52. The number of hydrogen-bond acceptors (Lipinski definition) is 3. The smallest absolute Gasteiger partial charge is 0.266 e. The molecule has 1 aromatic rings. The summed E-state index contributed by atoms with van der Waals surface area (Å²) in [7, 11) is -3.57. The van der Waals surface area contributed by atoms with Crippen LogP contribution in [0.15, 0.2) is 35.2 Å². The SMILES string of the molecule is CCCCCCCCCCCCOS(=O)(=O)c1ccccc1.Cl.[Na]. The van der Waals surface area contributed by atoms with Crippen molar-refractivity contribution in [1.29, 1.82) is 0 Å². The fraction of sp³-hybridized carbons (Fsp3) is 0.667. The number of unbranched alkanes of at least 4 members (excludes halogenated alkanes) is 9. The molecule has 0 saturated heterocycles. The van der Waals surface area contributed by atoms with Crippen LogP contribution in [0, 0.1) is 0 Å². The Labute approximate surface area is 176 Å². The van der Waals surface area contributed by atoms with Gasteiger partial charge in [0.2, 0.25) is 0 Å². The van der Waals surface area contributed by atoms with Crippen molar-refractivity contribution in [1.82, 2.24) is 0 Å². The maximum atomic E-state index is 11.9. The van der Waals surface area contributed by atoms with E-state index in [1.165, 1.54) is 51.4 Å². The minimum atomic E-state index is -3.57. The van der Waals surface area contributed by atoms with Crippen LogP contribution in [0.25, 0.3) is 0 Å². The predicted octanol–water partition coefficient (Wildman–Crippen LogP) is 5.35. The predicted molar refractivity (Wildman–Crippen MR) is 104 cm³/mol. The number of benzene rings is 1. The molecule has 135 valence electrons. The number of halogens is 1. The van der Waals surface area contributed by atoms with Gasteiger partial charge in [0.15, 0.2) is 0 Å². The van der Waals surface area contributed by atoms with E-state index in [2.05, 4.69) is 6.92 Å². The molecule has 6 heteroatoms. The van der Waals surface area contributed by atoms with Crippen molar-refractivity contribution in [2.24, 2.45) is 0 Å². The molecular formula is C18H31ClNaO3S. The fourth-order valence-corrected chi connectivity index (χ4v) is 3.38. The van der Waals surface area contributed by atoms with Gasteiger partial charge >= 0.3 is 0 Å². The van der Waals surface area contributed by atoms with E-state index in [9.17, 15) is 8.42 Å². The van der Waals surface area contributed by atoms with Crippen LogP contribution in [0.5, 0.6) is 0 Å². The molecule has 0 spiro atoms. The first-order valence-electron chi connectivity index (χ1n) is 8.61. The molecule has 0 fully saturated rings. The molecular weight excluding hydrogens is 355 g/mol. The molecule has 0 unspecified atom stereocenters. The van der Waals surface area contributed by atoms with Gasteiger partial charge in [-0.3, -0.25) is 4.18 Å². The van der Waals surface area contributed by atoms with E-state index < -0.39 is 10.1 Å². The van der Waals surface area contributed by atoms with Gasteiger partial charge in [0.25, 0.3) is 10.1 Å². The van der Waals surface area contributed by atoms with Gasteiger partial charge < -0.3 is 0 Å². The quantitative estimate of drug-likeness (QED) is 0.261. The normalized spacial score (nSPS) is 10.7. The molecule has 0 aliphatic heterocycles. The van der Waals surface area contributed by atoms with Crippen molar-refractivity contribution in [3.05, 3.63) is 30.3 Å². The zero-order valence-corrected chi connectivity index (χ0v) is 18.8. The molecule has 3 nitrogen and oxygen atoms in total. The third-order valence-electron chi connectivity index (χ3n) is 3.77. The second kappa shape index (κ2) is 16.9. The molecule has 24 heavy (non-hydrogen) atoms. The first kappa shape index (κ1) is 26.6. The van der Waals surface area contributed by atoms with Crippen LogP contribution < -0.4 is 0 Å². The van der Waals surface area contributed by atoms with Crippen molar-refractivity contribution in [2.75, 3.05) is 6.61 Å². The molecule has 0 aliphatic rings. The number of rotatable bonds is 13. The van der Waals surface area contributed by atoms with Gasteiger partial charge in [-0.25, -0.2) is 0 Å². The summed E-state index contributed by atoms with van der Waals surface area (Å²) in [5.41, 5.74) is 0. The topological polar surface area (TPSA) is 43.4 Å². The summed E-state index contributed by atoms with van der Waals surface area (Å²) >= 11 is 0. The van der Waals surface area contributed by atoms with E-state index in [0.29, 0.717) is 0 Å². The maximum Gasteiger partial charge on any atom is 0.296 e. The molecule has 0 aromatic heterocycles. The van der Waals surface area contributed by atoms with Gasteiger partial charge in [0.1, 0.15) is 0 Å². The molecule has 1 aromatic carbocycles. The Kier molecular flexibility index (Phi) is 18.7. The third kappa shape index (κ3) is 12.7. The van der Waals surface area contributed by atoms with Crippen LogP contribution in [-0.2, 0) is 14.3 Å². The summed E-state index contributed by atoms with van der Waals surface area (Å²) in [6.07, 6.45) is 12.3. The Morgan fingerprint density at radius 2 is 1.25 bits per heavy atom. The van der Waals surface area contributed by atoms with Gasteiger partial charge in [-0.05, 0) is 18.6 Å². The second-order valence-electron chi connectivity index (χ2n) is 5.77. The van der Waals surface area contributed by atoms with E-state index in [0.717, 1.165) is 12.8 Å². The van der Waals surface area contributed by atoms with E-state index in [-0.39, 0.29) is 53.5 Å². The molecule has 0 amide bonds. The van der Waals surface area contributed by atoms with Crippen molar-refractivity contribution in [3.63, 3.8) is 0 Å². The van der Waals surface area contributed by atoms with Crippen LogP contribution in [-0.4, -0.2) is 44.6 Å². The second-order valence-corrected chi connectivity index (χ2v) is 7.39. The standard InChI is InChI=1S/C18H30O3S.ClH.Na/c1-2-3-4-5-6-7-8-9-10-14-17-21-22(19,20)18-15-12-11-13-16-18;;/h11-13,15-16H,2-10,14,17H2,1H3;1H;. The molecule has 0 aliphatic carbocycles. The van der Waals surface area contributed by atoms with Crippen molar-refractivity contribution in [3.8, 4) is 0 Å². The zero-order chi connectivity index (χ0) is 16.1. The average molecular weight is 386 g/mol.